The molecule has 0 aromatic rings. The molecular weight excluding hydrogens is 196 g/mol. The van der Waals surface area contributed by atoms with Crippen LogP contribution >= 0.6 is 0 Å². The van der Waals surface area contributed by atoms with Gasteiger partial charge in [0.05, 0.1) is 13.2 Å². The van der Waals surface area contributed by atoms with E-state index in [1.54, 1.807) is 12.0 Å². The van der Waals surface area contributed by atoms with E-state index < -0.39 is 0 Å². The van der Waals surface area contributed by atoms with Gasteiger partial charge >= 0.3 is 0 Å². The van der Waals surface area contributed by atoms with E-state index >= 15 is 0 Å². The van der Waals surface area contributed by atoms with Crippen LogP contribution in [0.15, 0.2) is 0 Å². The van der Waals surface area contributed by atoms with Crippen LogP contribution in [0.2, 0.25) is 0 Å². The Hall–Kier alpha value is -0.650. The summed E-state index contributed by atoms with van der Waals surface area (Å²) in [6.07, 6.45) is 0.674. The lowest BCUT2D eigenvalue weighted by molar-refractivity contribution is -0.136. The highest BCUT2D eigenvalue weighted by atomic mass is 16.5. The van der Waals surface area contributed by atoms with Gasteiger partial charge in [0.2, 0.25) is 5.91 Å². The molecule has 0 bridgehead atoms. The maximum Gasteiger partial charge on any atom is 0.225 e. The number of carbonyl (C=O) groups excluding carboxylic acids is 1. The predicted molar refractivity (Wildman–Crippen MR) is 58.4 cm³/mol. The molecule has 0 aliphatic carbocycles. The number of carbonyl (C=O) groups is 1. The molecule has 0 aromatic heterocycles. The van der Waals surface area contributed by atoms with Gasteiger partial charge in [-0.1, -0.05) is 6.92 Å². The normalized spacial score (nSPS) is 12.5. The third-order valence-corrected chi connectivity index (χ3v) is 2.27. The Bertz CT molecular complexity index is 176. The second-order valence-electron chi connectivity index (χ2n) is 3.52. The zero-order valence-electron chi connectivity index (χ0n) is 9.61. The lowest BCUT2D eigenvalue weighted by atomic mass is 10.1. The van der Waals surface area contributed by atoms with Crippen LogP contribution < -0.4 is 5.73 Å². The van der Waals surface area contributed by atoms with Gasteiger partial charge in [0.25, 0.3) is 0 Å². The average Bonchev–Trinajstić information content (AvgIpc) is 2.23. The largest absolute Gasteiger partial charge is 0.395 e. The van der Waals surface area contributed by atoms with Gasteiger partial charge in [-0.25, -0.2) is 0 Å². The molecule has 3 N–H and O–H groups in total. The highest BCUT2D eigenvalue weighted by Gasteiger charge is 2.18. The maximum absolute atomic E-state index is 11.8. The number of hydrogen-bond acceptors (Lipinski definition) is 4. The van der Waals surface area contributed by atoms with Gasteiger partial charge in [0.15, 0.2) is 0 Å². The Morgan fingerprint density at radius 1 is 1.53 bits per heavy atom. The third kappa shape index (κ3) is 5.71. The van der Waals surface area contributed by atoms with Crippen molar-refractivity contribution in [3.05, 3.63) is 0 Å². The van der Waals surface area contributed by atoms with Crippen molar-refractivity contribution in [3.8, 4) is 0 Å². The molecule has 0 fully saturated rings. The summed E-state index contributed by atoms with van der Waals surface area (Å²) in [6, 6.07) is 0. The van der Waals surface area contributed by atoms with Crippen LogP contribution in [0.1, 0.15) is 13.3 Å². The van der Waals surface area contributed by atoms with E-state index in [0.29, 0.717) is 32.7 Å². The molecule has 5 nitrogen and oxygen atoms in total. The van der Waals surface area contributed by atoms with Crippen molar-refractivity contribution in [1.82, 2.24) is 4.90 Å². The Morgan fingerprint density at radius 2 is 2.20 bits per heavy atom. The summed E-state index contributed by atoms with van der Waals surface area (Å²) in [7, 11) is 1.59. The fourth-order valence-electron chi connectivity index (χ4n) is 1.34. The molecule has 15 heavy (non-hydrogen) atoms. The number of aliphatic hydroxyl groups is 1. The first-order valence-electron chi connectivity index (χ1n) is 5.26. The monoisotopic (exact) mass is 218 g/mol. The van der Waals surface area contributed by atoms with Crippen LogP contribution in [0.3, 0.4) is 0 Å². The Morgan fingerprint density at radius 3 is 2.67 bits per heavy atom. The fraction of sp³-hybridized carbons (Fsp3) is 0.900. The Labute approximate surface area is 91.2 Å². The highest BCUT2D eigenvalue weighted by Crippen LogP contribution is 2.06. The van der Waals surface area contributed by atoms with E-state index in [1.807, 2.05) is 6.92 Å². The van der Waals surface area contributed by atoms with E-state index in [2.05, 4.69) is 0 Å². The zero-order valence-corrected chi connectivity index (χ0v) is 9.61. The standard InChI is InChI=1S/C10H22N2O3/c1-9(3-4-11)10(14)12(5-7-13)6-8-15-2/h9,13H,3-8,11H2,1-2H3. The topological polar surface area (TPSA) is 75.8 Å². The number of hydrogen-bond donors (Lipinski definition) is 2. The van der Waals surface area contributed by atoms with E-state index in [0.717, 1.165) is 0 Å². The van der Waals surface area contributed by atoms with Crippen molar-refractivity contribution in [2.45, 2.75) is 13.3 Å². The van der Waals surface area contributed by atoms with Crippen LogP contribution in [-0.4, -0.2) is 55.9 Å². The lowest BCUT2D eigenvalue weighted by Crippen LogP contribution is -2.39. The maximum atomic E-state index is 11.8. The number of aliphatic hydroxyl groups excluding tert-OH is 1. The highest BCUT2D eigenvalue weighted by molar-refractivity contribution is 5.78. The van der Waals surface area contributed by atoms with Crippen molar-refractivity contribution in [1.29, 1.82) is 0 Å². The molecule has 0 aliphatic heterocycles. The van der Waals surface area contributed by atoms with Crippen molar-refractivity contribution in [2.75, 3.05) is 40.0 Å². The minimum Gasteiger partial charge on any atom is -0.395 e. The van der Waals surface area contributed by atoms with Crippen molar-refractivity contribution in [3.63, 3.8) is 0 Å². The summed E-state index contributed by atoms with van der Waals surface area (Å²) in [5.74, 6) is -0.0510. The summed E-state index contributed by atoms with van der Waals surface area (Å²) in [6.45, 7) is 3.70. The molecule has 0 saturated carbocycles. The quantitative estimate of drug-likeness (QED) is 0.572. The molecule has 0 aromatic carbocycles. The first-order chi connectivity index (χ1) is 7.17. The molecule has 0 radical (unpaired) electrons. The zero-order chi connectivity index (χ0) is 11.7. The summed E-state index contributed by atoms with van der Waals surface area (Å²) in [4.78, 5) is 13.4. The minimum absolute atomic E-state index is 0.0230. The van der Waals surface area contributed by atoms with Gasteiger partial charge in [-0.15, -0.1) is 0 Å². The van der Waals surface area contributed by atoms with Crippen LogP contribution in [0.25, 0.3) is 0 Å². The Kier molecular flexibility index (Phi) is 8.27. The van der Waals surface area contributed by atoms with Gasteiger partial charge in [-0.05, 0) is 13.0 Å². The van der Waals surface area contributed by atoms with Gasteiger partial charge in [0.1, 0.15) is 0 Å². The summed E-state index contributed by atoms with van der Waals surface area (Å²) in [5.41, 5.74) is 5.40. The molecule has 1 atom stereocenters. The van der Waals surface area contributed by atoms with Gasteiger partial charge < -0.3 is 20.5 Å². The van der Waals surface area contributed by atoms with E-state index in [-0.39, 0.29) is 18.4 Å². The van der Waals surface area contributed by atoms with E-state index in [9.17, 15) is 4.79 Å². The van der Waals surface area contributed by atoms with Gasteiger partial charge in [-0.2, -0.15) is 0 Å². The number of methoxy groups -OCH3 is 1. The molecule has 1 unspecified atom stereocenters. The summed E-state index contributed by atoms with van der Waals surface area (Å²) < 4.78 is 4.91. The summed E-state index contributed by atoms with van der Waals surface area (Å²) in [5, 5.41) is 8.84. The van der Waals surface area contributed by atoms with Crippen LogP contribution in [0.5, 0.6) is 0 Å². The number of amides is 1. The first-order valence-corrected chi connectivity index (χ1v) is 5.26. The molecule has 0 heterocycles. The third-order valence-electron chi connectivity index (χ3n) is 2.27. The van der Waals surface area contributed by atoms with Crippen molar-refractivity contribution >= 4 is 5.91 Å². The molecule has 1 amide bonds. The molecule has 0 saturated heterocycles. The predicted octanol–water partition coefficient (Wildman–Crippen LogP) is -0.561. The SMILES string of the molecule is COCCN(CCO)C(=O)C(C)CCN. The molecule has 0 rings (SSSR count). The fourth-order valence-corrected chi connectivity index (χ4v) is 1.34. The van der Waals surface area contributed by atoms with Crippen LogP contribution in [-0.2, 0) is 9.53 Å². The molecule has 0 spiro atoms. The number of rotatable bonds is 8. The number of nitrogens with zero attached hydrogens (tertiary/aromatic N) is 1. The smallest absolute Gasteiger partial charge is 0.225 e. The first kappa shape index (κ1) is 14.3. The number of nitrogens with two attached hydrogens (primary N) is 1. The average molecular weight is 218 g/mol. The second kappa shape index (κ2) is 8.64. The summed E-state index contributed by atoms with van der Waals surface area (Å²) >= 11 is 0. The molecule has 90 valence electrons. The Balaban J connectivity index is 4.13. The van der Waals surface area contributed by atoms with Gasteiger partial charge in [-0.3, -0.25) is 4.79 Å². The van der Waals surface area contributed by atoms with Crippen LogP contribution in [0.4, 0.5) is 0 Å². The number of ether oxygens (including phenoxy) is 1. The second-order valence-corrected chi connectivity index (χ2v) is 3.52. The minimum atomic E-state index is -0.0848. The van der Waals surface area contributed by atoms with Crippen molar-refractivity contribution < 1.29 is 14.6 Å². The van der Waals surface area contributed by atoms with Crippen LogP contribution in [0, 0.1) is 5.92 Å². The van der Waals surface area contributed by atoms with Gasteiger partial charge in [0, 0.05) is 26.1 Å². The molecular formula is C10H22N2O3. The van der Waals surface area contributed by atoms with E-state index in [1.165, 1.54) is 0 Å². The molecule has 5 heteroatoms. The van der Waals surface area contributed by atoms with E-state index in [4.69, 9.17) is 15.6 Å². The lowest BCUT2D eigenvalue weighted by Gasteiger charge is -2.24. The van der Waals surface area contributed by atoms with Crippen molar-refractivity contribution in [2.24, 2.45) is 11.7 Å². The molecule has 0 aliphatic rings.